The lowest BCUT2D eigenvalue weighted by Crippen LogP contribution is -2.29. The number of anilines is 1. The maximum Gasteiger partial charge on any atom is 0.171 e. The highest BCUT2D eigenvalue weighted by molar-refractivity contribution is 6.11. The molecule has 0 saturated carbocycles. The van der Waals surface area contributed by atoms with Gasteiger partial charge in [-0.1, -0.05) is 0 Å². The van der Waals surface area contributed by atoms with Gasteiger partial charge < -0.3 is 31.7 Å². The van der Waals surface area contributed by atoms with Crippen LogP contribution in [0.25, 0.3) is 5.57 Å². The zero-order valence-electron chi connectivity index (χ0n) is 18.6. The third-order valence-electron chi connectivity index (χ3n) is 5.51. The Kier molecular flexibility index (Phi) is 7.94. The molecule has 33 heavy (non-hydrogen) atoms. The molecule has 1 aliphatic rings. The lowest BCUT2D eigenvalue weighted by molar-refractivity contribution is 0.354. The quantitative estimate of drug-likeness (QED) is 0.450. The largest absolute Gasteiger partial charge is 0.494 e. The van der Waals surface area contributed by atoms with Crippen molar-refractivity contribution in [2.75, 3.05) is 33.0 Å². The Labute approximate surface area is 191 Å². The molecular weight excluding hydrogens is 430 g/mol. The fourth-order valence-corrected chi connectivity index (χ4v) is 3.59. The number of nitrogen functional groups attached to an aromatic ring is 1. The van der Waals surface area contributed by atoms with Gasteiger partial charge in [0.25, 0.3) is 0 Å². The Morgan fingerprint density at radius 1 is 1.21 bits per heavy atom. The van der Waals surface area contributed by atoms with E-state index < -0.39 is 11.6 Å². The summed E-state index contributed by atoms with van der Waals surface area (Å²) < 4.78 is 39.4. The van der Waals surface area contributed by atoms with Crippen molar-refractivity contribution >= 4 is 23.3 Å². The van der Waals surface area contributed by atoms with Gasteiger partial charge in [0.1, 0.15) is 5.82 Å². The molecule has 8 nitrogen and oxygen atoms in total. The van der Waals surface area contributed by atoms with Crippen LogP contribution >= 0.6 is 0 Å². The van der Waals surface area contributed by atoms with E-state index in [4.69, 9.17) is 26.4 Å². The second-order valence-electron chi connectivity index (χ2n) is 7.58. The summed E-state index contributed by atoms with van der Waals surface area (Å²) in [5, 5.41) is 11.8. The Hall–Kier alpha value is -3.53. The summed E-state index contributed by atoms with van der Waals surface area (Å²) in [4.78, 5) is 8.75. The van der Waals surface area contributed by atoms with Crippen molar-refractivity contribution in [2.45, 2.75) is 25.3 Å². The number of methoxy groups -OCH3 is 2. The summed E-state index contributed by atoms with van der Waals surface area (Å²) in [6.45, 7) is 1.83. The van der Waals surface area contributed by atoms with E-state index in [0.29, 0.717) is 11.1 Å². The Morgan fingerprint density at radius 2 is 1.85 bits per heavy atom. The van der Waals surface area contributed by atoms with Crippen LogP contribution < -0.4 is 26.3 Å². The smallest absolute Gasteiger partial charge is 0.171 e. The van der Waals surface area contributed by atoms with Gasteiger partial charge in [0.2, 0.25) is 0 Å². The van der Waals surface area contributed by atoms with Gasteiger partial charge in [0.15, 0.2) is 23.1 Å². The molecule has 0 atom stereocenters. The van der Waals surface area contributed by atoms with Crippen molar-refractivity contribution in [1.29, 1.82) is 5.41 Å². The topological polar surface area (TPSA) is 132 Å². The van der Waals surface area contributed by atoms with Crippen molar-refractivity contribution in [3.63, 3.8) is 0 Å². The first-order valence-electron chi connectivity index (χ1n) is 10.5. The minimum absolute atomic E-state index is 0.0612. The van der Waals surface area contributed by atoms with E-state index in [2.05, 4.69) is 15.3 Å². The number of nitrogens with two attached hydrogens (primary N) is 2. The van der Waals surface area contributed by atoms with Crippen LogP contribution in [-0.4, -0.2) is 50.3 Å². The molecule has 10 heteroatoms. The number of nitrogens with one attached hydrogen (secondary N) is 2. The lowest BCUT2D eigenvalue weighted by Gasteiger charge is -2.18. The first-order valence-corrected chi connectivity index (χ1v) is 10.5. The Bertz CT molecular complexity index is 1050. The molecule has 0 bridgehead atoms. The van der Waals surface area contributed by atoms with Gasteiger partial charge in [-0.2, -0.15) is 0 Å². The molecule has 0 spiro atoms. The Morgan fingerprint density at radius 3 is 2.42 bits per heavy atom. The second-order valence-corrected chi connectivity index (χ2v) is 7.58. The van der Waals surface area contributed by atoms with E-state index in [9.17, 15) is 8.78 Å². The third-order valence-corrected chi connectivity index (χ3v) is 5.51. The first kappa shape index (κ1) is 24.1. The average molecular weight is 459 g/mol. The number of aliphatic imine (C=N–C) groups is 1. The molecule has 1 aromatic carbocycles. The highest BCUT2D eigenvalue weighted by atomic mass is 19.1. The standard InChI is InChI=1S/C23H28F2N6O2/c1-32-19-9-20(33-2)22(25)17(21(19)24)8-18(27)16-7-13(11-31-23(16)28)14(10-26)12-30-15-3-5-29-6-4-15/h7,9-12,15,27,29H,3-6,8,26H2,1-2H3,(H2,28,31). The van der Waals surface area contributed by atoms with E-state index in [1.54, 1.807) is 12.3 Å². The van der Waals surface area contributed by atoms with Gasteiger partial charge in [0, 0.05) is 59.1 Å². The van der Waals surface area contributed by atoms with Crippen molar-refractivity contribution in [3.8, 4) is 11.5 Å². The van der Waals surface area contributed by atoms with Gasteiger partial charge >= 0.3 is 0 Å². The van der Waals surface area contributed by atoms with Gasteiger partial charge in [-0.25, -0.2) is 13.8 Å². The van der Waals surface area contributed by atoms with Crippen molar-refractivity contribution in [3.05, 3.63) is 52.9 Å². The number of hydrogen-bond donors (Lipinski definition) is 4. The van der Waals surface area contributed by atoms with Crippen LogP contribution in [0, 0.1) is 17.0 Å². The fourth-order valence-electron chi connectivity index (χ4n) is 3.59. The summed E-state index contributed by atoms with van der Waals surface area (Å²) in [5.74, 6) is -2.11. The van der Waals surface area contributed by atoms with Crippen molar-refractivity contribution < 1.29 is 18.3 Å². The number of piperidine rings is 1. The molecule has 0 aliphatic carbocycles. The van der Waals surface area contributed by atoms with Crippen LogP contribution in [0.4, 0.5) is 14.6 Å². The maximum atomic E-state index is 14.8. The molecule has 0 unspecified atom stereocenters. The van der Waals surface area contributed by atoms with E-state index in [1.807, 2.05) is 0 Å². The van der Waals surface area contributed by atoms with Crippen LogP contribution in [-0.2, 0) is 6.42 Å². The molecule has 2 heterocycles. The van der Waals surface area contributed by atoms with Gasteiger partial charge in [-0.15, -0.1) is 0 Å². The molecule has 1 aromatic heterocycles. The van der Waals surface area contributed by atoms with Crippen molar-refractivity contribution in [2.24, 2.45) is 10.7 Å². The fraction of sp³-hybridized carbons (Fsp3) is 0.348. The number of halogens is 2. The van der Waals surface area contributed by atoms with Gasteiger partial charge in [-0.05, 0) is 32.0 Å². The normalized spacial score (nSPS) is 15.1. The minimum Gasteiger partial charge on any atom is -0.494 e. The zero-order chi connectivity index (χ0) is 24.0. The lowest BCUT2D eigenvalue weighted by atomic mass is 9.98. The van der Waals surface area contributed by atoms with E-state index in [-0.39, 0.29) is 46.6 Å². The molecular formula is C23H28F2N6O2. The monoisotopic (exact) mass is 458 g/mol. The van der Waals surface area contributed by atoms with Crippen molar-refractivity contribution in [1.82, 2.24) is 10.3 Å². The van der Waals surface area contributed by atoms with Crippen LogP contribution in [0.2, 0.25) is 0 Å². The molecule has 2 aromatic rings. The Balaban J connectivity index is 1.89. The number of aromatic nitrogens is 1. The SMILES string of the molecule is COc1cc(OC)c(F)c(CC(=N)c2cc(C(C=NC3CCNCC3)=CN)cnc2N)c1F. The molecule has 176 valence electrons. The van der Waals surface area contributed by atoms with E-state index in [0.717, 1.165) is 32.0 Å². The number of benzene rings is 1. The maximum absolute atomic E-state index is 14.8. The minimum atomic E-state index is -0.903. The highest BCUT2D eigenvalue weighted by Crippen LogP contribution is 2.32. The van der Waals surface area contributed by atoms with Crippen LogP contribution in [0.5, 0.6) is 11.5 Å². The summed E-state index contributed by atoms with van der Waals surface area (Å²) in [7, 11) is 2.53. The molecule has 6 N–H and O–H groups in total. The summed E-state index contributed by atoms with van der Waals surface area (Å²) in [6, 6.07) is 2.94. The van der Waals surface area contributed by atoms with Gasteiger partial charge in [-0.3, -0.25) is 4.99 Å². The second kappa shape index (κ2) is 10.9. The highest BCUT2D eigenvalue weighted by Gasteiger charge is 2.22. The van der Waals surface area contributed by atoms with Crippen LogP contribution in [0.3, 0.4) is 0 Å². The zero-order valence-corrected chi connectivity index (χ0v) is 18.6. The van der Waals surface area contributed by atoms with Gasteiger partial charge in [0.05, 0.1) is 20.3 Å². The molecule has 1 aliphatic heterocycles. The number of ether oxygens (including phenoxy) is 2. The van der Waals surface area contributed by atoms with E-state index in [1.165, 1.54) is 26.6 Å². The average Bonchev–Trinajstić information content (AvgIpc) is 2.83. The predicted molar refractivity (Wildman–Crippen MR) is 125 cm³/mol. The third kappa shape index (κ3) is 5.46. The van der Waals surface area contributed by atoms with E-state index >= 15 is 0 Å². The molecule has 0 amide bonds. The molecule has 3 rings (SSSR count). The van der Waals surface area contributed by atoms with Crippen LogP contribution in [0.15, 0.2) is 29.5 Å². The van der Waals surface area contributed by atoms with Crippen LogP contribution in [0.1, 0.15) is 29.5 Å². The number of allylic oxidation sites excluding steroid dienone is 1. The summed E-state index contributed by atoms with van der Waals surface area (Å²) >= 11 is 0. The number of rotatable bonds is 8. The molecule has 1 fully saturated rings. The summed E-state index contributed by atoms with van der Waals surface area (Å²) in [6.07, 6.45) is 6.09. The predicted octanol–water partition coefficient (Wildman–Crippen LogP) is 2.69. The number of nitrogens with zero attached hydrogens (tertiary/aromatic N) is 2. The first-order chi connectivity index (χ1) is 15.9. The number of pyridine rings is 1. The number of hydrogen-bond acceptors (Lipinski definition) is 8. The summed E-state index contributed by atoms with van der Waals surface area (Å²) in [5.41, 5.74) is 12.7. The molecule has 0 radical (unpaired) electrons. The molecule has 1 saturated heterocycles.